The Kier molecular flexibility index (Phi) is 3.82. The molecule has 4 heteroatoms. The molecule has 0 spiro atoms. The van der Waals surface area contributed by atoms with Gasteiger partial charge in [0.1, 0.15) is 16.7 Å². The van der Waals surface area contributed by atoms with E-state index in [1.165, 1.54) is 0 Å². The lowest BCUT2D eigenvalue weighted by molar-refractivity contribution is 0.341. The molecule has 0 amide bonds. The molecule has 0 N–H and O–H groups in total. The normalized spacial score (nSPS) is 10.4. The highest BCUT2D eigenvalue weighted by Crippen LogP contribution is 2.32. The van der Waals surface area contributed by atoms with E-state index in [-0.39, 0.29) is 0 Å². The lowest BCUT2D eigenvalue weighted by atomic mass is 10.1. The summed E-state index contributed by atoms with van der Waals surface area (Å²) in [6.07, 6.45) is 0. The predicted molar refractivity (Wildman–Crippen MR) is 73.1 cm³/mol. The molecular formula is C14H15ClN2O. The van der Waals surface area contributed by atoms with Gasteiger partial charge in [-0.05, 0) is 32.9 Å². The predicted octanol–water partition coefficient (Wildman–Crippen LogP) is 3.81. The lowest BCUT2D eigenvalue weighted by Gasteiger charge is -2.12. The van der Waals surface area contributed by atoms with Crippen LogP contribution in [0.5, 0.6) is 5.75 Å². The van der Waals surface area contributed by atoms with Crippen LogP contribution in [0.4, 0.5) is 0 Å². The van der Waals surface area contributed by atoms with Gasteiger partial charge >= 0.3 is 0 Å². The molecule has 1 aromatic heterocycles. The summed E-state index contributed by atoms with van der Waals surface area (Å²) in [4.78, 5) is 8.62. The molecule has 2 rings (SSSR count). The second-order valence-electron chi connectivity index (χ2n) is 3.96. The maximum absolute atomic E-state index is 6.11. The van der Waals surface area contributed by atoms with Gasteiger partial charge in [0, 0.05) is 11.1 Å². The van der Waals surface area contributed by atoms with Crippen LogP contribution in [0.3, 0.4) is 0 Å². The van der Waals surface area contributed by atoms with Gasteiger partial charge in [-0.25, -0.2) is 9.97 Å². The second-order valence-corrected chi connectivity index (χ2v) is 4.32. The average Bonchev–Trinajstić information content (AvgIpc) is 2.35. The molecule has 1 heterocycles. The molecule has 0 fully saturated rings. The molecule has 0 unspecified atom stereocenters. The minimum Gasteiger partial charge on any atom is -0.493 e. The Balaban J connectivity index is 2.61. The van der Waals surface area contributed by atoms with Crippen LogP contribution in [0.25, 0.3) is 11.3 Å². The molecule has 1 aromatic carbocycles. The number of rotatable bonds is 3. The first-order chi connectivity index (χ1) is 8.63. The minimum atomic E-state index is 0.490. The van der Waals surface area contributed by atoms with Crippen molar-refractivity contribution in [2.45, 2.75) is 20.8 Å². The van der Waals surface area contributed by atoms with Gasteiger partial charge in [-0.1, -0.05) is 23.7 Å². The fourth-order valence-electron chi connectivity index (χ4n) is 1.80. The van der Waals surface area contributed by atoms with E-state index in [1.807, 2.05) is 45.0 Å². The number of aryl methyl sites for hydroxylation is 1. The zero-order valence-corrected chi connectivity index (χ0v) is 11.5. The lowest BCUT2D eigenvalue weighted by Crippen LogP contribution is -1.99. The molecule has 0 bridgehead atoms. The topological polar surface area (TPSA) is 35.0 Å². The summed E-state index contributed by atoms with van der Waals surface area (Å²) in [5.41, 5.74) is 2.65. The van der Waals surface area contributed by atoms with Crippen LogP contribution in [0, 0.1) is 13.8 Å². The molecule has 94 valence electrons. The van der Waals surface area contributed by atoms with Gasteiger partial charge in [-0.3, -0.25) is 0 Å². The van der Waals surface area contributed by atoms with Crippen molar-refractivity contribution < 1.29 is 4.74 Å². The number of aromatic nitrogens is 2. The molecule has 3 nitrogen and oxygen atoms in total. The molecule has 0 radical (unpaired) electrons. The smallest absolute Gasteiger partial charge is 0.136 e. The summed E-state index contributed by atoms with van der Waals surface area (Å²) in [7, 11) is 0. The standard InChI is InChI=1S/C14H15ClN2O/c1-4-18-12-8-6-5-7-11(12)13-9(2)14(15)17-10(3)16-13/h5-8H,4H2,1-3H3. The van der Waals surface area contributed by atoms with Crippen molar-refractivity contribution in [2.75, 3.05) is 6.61 Å². The Bertz CT molecular complexity index is 570. The number of para-hydroxylation sites is 1. The van der Waals surface area contributed by atoms with Crippen molar-refractivity contribution in [3.63, 3.8) is 0 Å². The fraction of sp³-hybridized carbons (Fsp3) is 0.286. The first-order valence-electron chi connectivity index (χ1n) is 5.86. The van der Waals surface area contributed by atoms with Gasteiger partial charge in [-0.2, -0.15) is 0 Å². The Morgan fingerprint density at radius 1 is 1.17 bits per heavy atom. The largest absolute Gasteiger partial charge is 0.493 e. The van der Waals surface area contributed by atoms with Gasteiger partial charge in [0.15, 0.2) is 0 Å². The summed E-state index contributed by atoms with van der Waals surface area (Å²) in [6.45, 7) is 6.33. The van der Waals surface area contributed by atoms with E-state index in [0.29, 0.717) is 17.6 Å². The van der Waals surface area contributed by atoms with Gasteiger partial charge in [-0.15, -0.1) is 0 Å². The number of nitrogens with zero attached hydrogens (tertiary/aromatic N) is 2. The number of halogens is 1. The zero-order chi connectivity index (χ0) is 13.1. The molecule has 0 aliphatic rings. The Hall–Kier alpha value is -1.61. The van der Waals surface area contributed by atoms with E-state index in [9.17, 15) is 0 Å². The number of hydrogen-bond donors (Lipinski definition) is 0. The molecule has 0 atom stereocenters. The van der Waals surface area contributed by atoms with E-state index in [2.05, 4.69) is 9.97 Å². The van der Waals surface area contributed by atoms with Crippen LogP contribution in [-0.4, -0.2) is 16.6 Å². The highest BCUT2D eigenvalue weighted by atomic mass is 35.5. The van der Waals surface area contributed by atoms with Crippen molar-refractivity contribution in [2.24, 2.45) is 0 Å². The first-order valence-corrected chi connectivity index (χ1v) is 6.24. The van der Waals surface area contributed by atoms with E-state index < -0.39 is 0 Å². The molecule has 18 heavy (non-hydrogen) atoms. The van der Waals surface area contributed by atoms with Crippen LogP contribution in [0.1, 0.15) is 18.3 Å². The maximum atomic E-state index is 6.11. The van der Waals surface area contributed by atoms with Crippen molar-refractivity contribution in [1.29, 1.82) is 0 Å². The third-order valence-electron chi connectivity index (χ3n) is 2.64. The van der Waals surface area contributed by atoms with Crippen molar-refractivity contribution in [1.82, 2.24) is 9.97 Å². The van der Waals surface area contributed by atoms with Crippen molar-refractivity contribution in [3.05, 3.63) is 40.8 Å². The van der Waals surface area contributed by atoms with Crippen LogP contribution in [0.15, 0.2) is 24.3 Å². The van der Waals surface area contributed by atoms with Gasteiger partial charge in [0.25, 0.3) is 0 Å². The maximum Gasteiger partial charge on any atom is 0.136 e. The van der Waals surface area contributed by atoms with E-state index in [0.717, 1.165) is 22.6 Å². The van der Waals surface area contributed by atoms with Gasteiger partial charge in [0.2, 0.25) is 0 Å². The fourth-order valence-corrected chi connectivity index (χ4v) is 2.01. The van der Waals surface area contributed by atoms with Crippen LogP contribution in [0.2, 0.25) is 5.15 Å². The summed E-state index contributed by atoms with van der Waals surface area (Å²) < 4.78 is 5.62. The van der Waals surface area contributed by atoms with E-state index >= 15 is 0 Å². The van der Waals surface area contributed by atoms with E-state index in [1.54, 1.807) is 0 Å². The zero-order valence-electron chi connectivity index (χ0n) is 10.7. The van der Waals surface area contributed by atoms with Gasteiger partial charge < -0.3 is 4.74 Å². The molecule has 0 aliphatic heterocycles. The summed E-state index contributed by atoms with van der Waals surface area (Å²) in [5, 5.41) is 0.490. The van der Waals surface area contributed by atoms with Gasteiger partial charge in [0.05, 0.1) is 12.3 Å². The number of ether oxygens (including phenoxy) is 1. The number of benzene rings is 1. The Labute approximate surface area is 112 Å². The van der Waals surface area contributed by atoms with Crippen molar-refractivity contribution >= 4 is 11.6 Å². The SMILES string of the molecule is CCOc1ccccc1-c1nc(C)nc(Cl)c1C. The highest BCUT2D eigenvalue weighted by Gasteiger charge is 2.13. The van der Waals surface area contributed by atoms with Crippen molar-refractivity contribution in [3.8, 4) is 17.0 Å². The Morgan fingerprint density at radius 3 is 2.61 bits per heavy atom. The highest BCUT2D eigenvalue weighted by molar-refractivity contribution is 6.30. The molecule has 0 aliphatic carbocycles. The third-order valence-corrected chi connectivity index (χ3v) is 3.01. The molecular weight excluding hydrogens is 248 g/mol. The Morgan fingerprint density at radius 2 is 1.89 bits per heavy atom. The summed E-state index contributed by atoms with van der Waals surface area (Å²) in [5.74, 6) is 1.48. The van der Waals surface area contributed by atoms with Crippen LogP contribution < -0.4 is 4.74 Å². The number of hydrogen-bond acceptors (Lipinski definition) is 3. The van der Waals surface area contributed by atoms with Crippen LogP contribution in [-0.2, 0) is 0 Å². The third kappa shape index (κ3) is 2.46. The molecule has 0 saturated carbocycles. The quantitative estimate of drug-likeness (QED) is 0.789. The molecule has 2 aromatic rings. The van der Waals surface area contributed by atoms with E-state index in [4.69, 9.17) is 16.3 Å². The minimum absolute atomic E-state index is 0.490. The monoisotopic (exact) mass is 262 g/mol. The first kappa shape index (κ1) is 12.8. The molecule has 0 saturated heterocycles. The summed E-state index contributed by atoms with van der Waals surface area (Å²) >= 11 is 6.11. The average molecular weight is 263 g/mol. The second kappa shape index (κ2) is 5.36. The summed E-state index contributed by atoms with van der Waals surface area (Å²) in [6, 6.07) is 7.82. The van der Waals surface area contributed by atoms with Crippen LogP contribution >= 0.6 is 11.6 Å².